The maximum atomic E-state index is 12.4. The van der Waals surface area contributed by atoms with Crippen LogP contribution in [-0.2, 0) is 0 Å². The predicted octanol–water partition coefficient (Wildman–Crippen LogP) is 9.32. The summed E-state index contributed by atoms with van der Waals surface area (Å²) >= 11 is 0. The second-order valence-corrected chi connectivity index (χ2v) is 9.75. The van der Waals surface area contributed by atoms with Crippen molar-refractivity contribution in [2.75, 3.05) is 0 Å². The van der Waals surface area contributed by atoms with Crippen molar-refractivity contribution in [3.63, 3.8) is 0 Å². The number of hydrogen-bond donors (Lipinski definition) is 0. The molecule has 1 aromatic carbocycles. The van der Waals surface area contributed by atoms with Gasteiger partial charge in [-0.2, -0.15) is 13.2 Å². The van der Waals surface area contributed by atoms with E-state index >= 15 is 0 Å². The Labute approximate surface area is 181 Å². The molecule has 0 saturated heterocycles. The monoisotopic (exact) mass is 420 g/mol. The summed E-state index contributed by atoms with van der Waals surface area (Å²) in [6, 6.07) is 9.25. The highest BCUT2D eigenvalue weighted by Crippen LogP contribution is 2.40. The van der Waals surface area contributed by atoms with Gasteiger partial charge in [0.05, 0.1) is 0 Å². The van der Waals surface area contributed by atoms with Crippen LogP contribution in [-0.4, -0.2) is 6.18 Å². The van der Waals surface area contributed by atoms with Crippen LogP contribution in [0, 0.1) is 11.8 Å². The molecular weight excluding hydrogens is 381 g/mol. The van der Waals surface area contributed by atoms with E-state index in [1.54, 1.807) is 0 Å². The Balaban J connectivity index is 1.42. The third-order valence-corrected chi connectivity index (χ3v) is 7.52. The molecule has 0 aromatic heterocycles. The molecular formula is C27H39F3. The molecule has 168 valence electrons. The Kier molecular flexibility index (Phi) is 8.89. The average Bonchev–Trinajstić information content (AvgIpc) is 2.76. The number of unbranched alkanes of at least 4 members (excludes halogenated alkanes) is 3. The van der Waals surface area contributed by atoms with Crippen molar-refractivity contribution in [1.29, 1.82) is 0 Å². The summed E-state index contributed by atoms with van der Waals surface area (Å²) in [5.74, 6) is 2.25. The number of benzene rings is 1. The van der Waals surface area contributed by atoms with Crippen LogP contribution < -0.4 is 0 Å². The van der Waals surface area contributed by atoms with Gasteiger partial charge in [-0.25, -0.2) is 0 Å². The van der Waals surface area contributed by atoms with E-state index in [0.717, 1.165) is 31.6 Å². The highest BCUT2D eigenvalue weighted by Gasteiger charge is 2.26. The van der Waals surface area contributed by atoms with Gasteiger partial charge in [0.25, 0.3) is 0 Å². The van der Waals surface area contributed by atoms with Crippen molar-refractivity contribution in [3.05, 3.63) is 47.5 Å². The van der Waals surface area contributed by atoms with Gasteiger partial charge in [0.15, 0.2) is 0 Å². The van der Waals surface area contributed by atoms with Gasteiger partial charge in [0.1, 0.15) is 0 Å². The lowest BCUT2D eigenvalue weighted by Gasteiger charge is -2.30. The molecule has 0 bridgehead atoms. The van der Waals surface area contributed by atoms with Gasteiger partial charge in [-0.05, 0) is 86.2 Å². The van der Waals surface area contributed by atoms with Crippen molar-refractivity contribution in [2.24, 2.45) is 11.8 Å². The maximum Gasteiger partial charge on any atom is 0.409 e. The van der Waals surface area contributed by atoms with E-state index in [4.69, 9.17) is 0 Å². The molecule has 2 fully saturated rings. The second kappa shape index (κ2) is 11.4. The van der Waals surface area contributed by atoms with Gasteiger partial charge >= 0.3 is 6.18 Å². The minimum atomic E-state index is -4.18. The molecule has 0 N–H and O–H groups in total. The topological polar surface area (TPSA) is 0 Å². The highest BCUT2D eigenvalue weighted by atomic mass is 19.4. The summed E-state index contributed by atoms with van der Waals surface area (Å²) in [4.78, 5) is 0. The van der Waals surface area contributed by atoms with E-state index in [-0.39, 0.29) is 5.92 Å². The first-order valence-electron chi connectivity index (χ1n) is 12.3. The molecule has 3 heteroatoms. The third-order valence-electron chi connectivity index (χ3n) is 7.52. The summed E-state index contributed by atoms with van der Waals surface area (Å²) in [5, 5.41) is 0. The number of hydrogen-bond acceptors (Lipinski definition) is 0. The summed E-state index contributed by atoms with van der Waals surface area (Å²) in [7, 11) is 0. The lowest BCUT2D eigenvalue weighted by atomic mass is 9.75. The zero-order chi connectivity index (χ0) is 21.4. The molecule has 0 heterocycles. The van der Waals surface area contributed by atoms with Crippen molar-refractivity contribution in [3.8, 4) is 0 Å². The van der Waals surface area contributed by atoms with E-state index in [1.807, 2.05) is 0 Å². The Morgan fingerprint density at radius 3 is 1.80 bits per heavy atom. The SMILES string of the molecule is CCCCCC[C@H]1CC[C@H](c2ccc([C@H]3CC[C@H](/C=C/C(F)(F)F)CC3)cc2)CC1. The predicted molar refractivity (Wildman–Crippen MR) is 120 cm³/mol. The first-order chi connectivity index (χ1) is 14.4. The molecule has 30 heavy (non-hydrogen) atoms. The molecule has 0 aliphatic heterocycles. The maximum absolute atomic E-state index is 12.4. The summed E-state index contributed by atoms with van der Waals surface area (Å²) in [6.07, 6.45) is 13.7. The van der Waals surface area contributed by atoms with Crippen LogP contribution in [0.4, 0.5) is 13.2 Å². The van der Waals surface area contributed by atoms with Crippen LogP contribution in [0.3, 0.4) is 0 Å². The van der Waals surface area contributed by atoms with Crippen LogP contribution in [0.2, 0.25) is 0 Å². The first-order valence-corrected chi connectivity index (χ1v) is 12.3. The molecule has 1 aromatic rings. The fourth-order valence-electron chi connectivity index (χ4n) is 5.57. The molecule has 0 unspecified atom stereocenters. The zero-order valence-electron chi connectivity index (χ0n) is 18.6. The number of halogens is 3. The van der Waals surface area contributed by atoms with Crippen LogP contribution in [0.25, 0.3) is 0 Å². The Morgan fingerprint density at radius 1 is 0.767 bits per heavy atom. The highest BCUT2D eigenvalue weighted by molar-refractivity contribution is 5.28. The zero-order valence-corrected chi connectivity index (χ0v) is 18.6. The lowest BCUT2D eigenvalue weighted by Crippen LogP contribution is -2.14. The van der Waals surface area contributed by atoms with Crippen LogP contribution in [0.1, 0.15) is 113 Å². The number of alkyl halides is 3. The number of rotatable bonds is 8. The van der Waals surface area contributed by atoms with Gasteiger partial charge < -0.3 is 0 Å². The van der Waals surface area contributed by atoms with E-state index in [0.29, 0.717) is 17.9 Å². The molecule has 2 aliphatic carbocycles. The van der Waals surface area contributed by atoms with Gasteiger partial charge in [-0.15, -0.1) is 0 Å². The van der Waals surface area contributed by atoms with E-state index in [2.05, 4.69) is 31.2 Å². The minimum absolute atomic E-state index is 0.0827. The van der Waals surface area contributed by atoms with Gasteiger partial charge in [-0.1, -0.05) is 69.4 Å². The fourth-order valence-corrected chi connectivity index (χ4v) is 5.57. The van der Waals surface area contributed by atoms with Gasteiger partial charge in [0, 0.05) is 6.08 Å². The first kappa shape index (κ1) is 23.4. The van der Waals surface area contributed by atoms with Crippen molar-refractivity contribution >= 4 is 0 Å². The summed E-state index contributed by atoms with van der Waals surface area (Å²) < 4.78 is 37.1. The van der Waals surface area contributed by atoms with E-state index in [9.17, 15) is 13.2 Å². The van der Waals surface area contributed by atoms with Crippen molar-refractivity contribution in [1.82, 2.24) is 0 Å². The van der Waals surface area contributed by atoms with Crippen LogP contribution >= 0.6 is 0 Å². The van der Waals surface area contributed by atoms with Crippen LogP contribution in [0.5, 0.6) is 0 Å². The largest absolute Gasteiger partial charge is 0.409 e. The second-order valence-electron chi connectivity index (χ2n) is 9.75. The van der Waals surface area contributed by atoms with Gasteiger partial charge in [-0.3, -0.25) is 0 Å². The molecule has 0 spiro atoms. The van der Waals surface area contributed by atoms with E-state index in [1.165, 1.54) is 75.0 Å². The molecule has 2 aliphatic rings. The Morgan fingerprint density at radius 2 is 1.30 bits per heavy atom. The standard InChI is InChI=1S/C27H39F3/c1-2-3-4-5-6-21-7-11-23(12-8-21)25-15-17-26(18-16-25)24-13-9-22(10-14-24)19-20-27(28,29)30/h15-24H,2-14H2,1H3/b20-19+/t21-,22-,23-,24-. The summed E-state index contributed by atoms with van der Waals surface area (Å²) in [6.45, 7) is 2.28. The third kappa shape index (κ3) is 7.46. The molecule has 0 atom stereocenters. The van der Waals surface area contributed by atoms with Gasteiger partial charge in [0.2, 0.25) is 0 Å². The van der Waals surface area contributed by atoms with Crippen molar-refractivity contribution in [2.45, 2.75) is 108 Å². The minimum Gasteiger partial charge on any atom is -0.167 e. The summed E-state index contributed by atoms with van der Waals surface area (Å²) in [5.41, 5.74) is 2.87. The molecule has 0 amide bonds. The smallest absolute Gasteiger partial charge is 0.167 e. The molecule has 0 radical (unpaired) electrons. The van der Waals surface area contributed by atoms with E-state index < -0.39 is 6.18 Å². The van der Waals surface area contributed by atoms with Crippen molar-refractivity contribution < 1.29 is 13.2 Å². The quantitative estimate of drug-likeness (QED) is 0.290. The normalized spacial score (nSPS) is 28.1. The fraction of sp³-hybridized carbons (Fsp3) is 0.704. The molecule has 3 rings (SSSR count). The Hall–Kier alpha value is -1.25. The molecule has 2 saturated carbocycles. The number of allylic oxidation sites excluding steroid dienone is 2. The molecule has 0 nitrogen and oxygen atoms in total. The van der Waals surface area contributed by atoms with Crippen LogP contribution in [0.15, 0.2) is 36.4 Å². The Bertz CT molecular complexity index is 627. The lowest BCUT2D eigenvalue weighted by molar-refractivity contribution is -0.0803. The average molecular weight is 421 g/mol.